The van der Waals surface area contributed by atoms with Gasteiger partial charge in [-0.05, 0) is 32.1 Å². The first-order chi connectivity index (χ1) is 5.95. The molecule has 0 spiro atoms. The van der Waals surface area contributed by atoms with Crippen molar-refractivity contribution in [3.05, 3.63) is 0 Å². The Morgan fingerprint density at radius 2 is 1.75 bits per heavy atom. The zero-order valence-electron chi connectivity index (χ0n) is 7.80. The summed E-state index contributed by atoms with van der Waals surface area (Å²) in [5.41, 5.74) is 0. The summed E-state index contributed by atoms with van der Waals surface area (Å²) < 4.78 is 5.74. The molecule has 0 N–H and O–H groups in total. The largest absolute Gasteiger partial charge is 0.363 e. The van der Waals surface area contributed by atoms with Crippen molar-refractivity contribution in [3.63, 3.8) is 0 Å². The Balaban J connectivity index is 1.58. The van der Waals surface area contributed by atoms with E-state index in [2.05, 4.69) is 4.90 Å². The number of piperidine rings is 1. The minimum absolute atomic E-state index is 0.604. The number of rotatable bonds is 3. The van der Waals surface area contributed by atoms with Crippen LogP contribution in [0.25, 0.3) is 0 Å². The second-order valence-electron chi connectivity index (χ2n) is 4.03. The molecule has 2 fully saturated rings. The van der Waals surface area contributed by atoms with Crippen molar-refractivity contribution in [3.8, 4) is 0 Å². The van der Waals surface area contributed by atoms with Gasteiger partial charge in [-0.1, -0.05) is 6.42 Å². The molecule has 0 aromatic heterocycles. The van der Waals surface area contributed by atoms with Crippen LogP contribution < -0.4 is 0 Å². The Labute approximate surface area is 74.9 Å². The molecule has 1 saturated heterocycles. The van der Waals surface area contributed by atoms with Gasteiger partial charge in [0.1, 0.15) is 0 Å². The van der Waals surface area contributed by atoms with Crippen LogP contribution in [0.15, 0.2) is 0 Å². The van der Waals surface area contributed by atoms with E-state index in [9.17, 15) is 0 Å². The lowest BCUT2D eigenvalue weighted by molar-refractivity contribution is -0.0599. The summed E-state index contributed by atoms with van der Waals surface area (Å²) in [5, 5.41) is 0. The number of hydrogen-bond donors (Lipinski definition) is 0. The zero-order valence-corrected chi connectivity index (χ0v) is 7.80. The molecule has 2 heteroatoms. The van der Waals surface area contributed by atoms with Crippen LogP contribution in [0.1, 0.15) is 38.5 Å². The molecule has 0 bridgehead atoms. The van der Waals surface area contributed by atoms with Crippen molar-refractivity contribution in [1.82, 2.24) is 4.90 Å². The molecule has 1 aliphatic carbocycles. The molecule has 0 radical (unpaired) electrons. The van der Waals surface area contributed by atoms with Crippen LogP contribution in [-0.4, -0.2) is 30.8 Å². The SMILES string of the molecule is C1CCN(COC2CCC2)CC1. The highest BCUT2D eigenvalue weighted by molar-refractivity contribution is 4.69. The third kappa shape index (κ3) is 2.20. The van der Waals surface area contributed by atoms with E-state index in [0.717, 1.165) is 6.73 Å². The molecule has 2 nitrogen and oxygen atoms in total. The molecule has 0 aromatic carbocycles. The lowest BCUT2D eigenvalue weighted by Crippen LogP contribution is -2.35. The highest BCUT2D eigenvalue weighted by Gasteiger charge is 2.19. The van der Waals surface area contributed by atoms with Crippen LogP contribution in [0, 0.1) is 0 Å². The molecule has 0 unspecified atom stereocenters. The van der Waals surface area contributed by atoms with E-state index in [0.29, 0.717) is 6.10 Å². The van der Waals surface area contributed by atoms with Gasteiger partial charge in [0.15, 0.2) is 0 Å². The standard InChI is InChI=1S/C10H19NO/c1-2-7-11(8-3-1)9-12-10-5-4-6-10/h10H,1-9H2. The lowest BCUT2D eigenvalue weighted by Gasteiger charge is -2.31. The van der Waals surface area contributed by atoms with Crippen LogP contribution in [0.2, 0.25) is 0 Å². The van der Waals surface area contributed by atoms with Crippen molar-refractivity contribution < 1.29 is 4.74 Å². The average molecular weight is 169 g/mol. The van der Waals surface area contributed by atoms with Crippen molar-refractivity contribution in [2.75, 3.05) is 19.8 Å². The quantitative estimate of drug-likeness (QED) is 0.640. The second-order valence-corrected chi connectivity index (χ2v) is 4.03. The molecule has 1 saturated carbocycles. The van der Waals surface area contributed by atoms with Gasteiger partial charge in [-0.2, -0.15) is 0 Å². The highest BCUT2D eigenvalue weighted by atomic mass is 16.5. The molecule has 0 aromatic rings. The first-order valence-electron chi connectivity index (χ1n) is 5.29. The normalized spacial score (nSPS) is 27.0. The molecule has 0 amide bonds. The van der Waals surface area contributed by atoms with E-state index < -0.39 is 0 Å². The van der Waals surface area contributed by atoms with Crippen molar-refractivity contribution in [2.24, 2.45) is 0 Å². The minimum atomic E-state index is 0.604. The van der Waals surface area contributed by atoms with Gasteiger partial charge in [-0.25, -0.2) is 0 Å². The van der Waals surface area contributed by atoms with Crippen LogP contribution >= 0.6 is 0 Å². The predicted molar refractivity (Wildman–Crippen MR) is 49.0 cm³/mol. The Bertz CT molecular complexity index is 128. The summed E-state index contributed by atoms with van der Waals surface area (Å²) in [6.07, 6.45) is 8.74. The maximum atomic E-state index is 5.74. The van der Waals surface area contributed by atoms with E-state index in [1.165, 1.54) is 51.6 Å². The van der Waals surface area contributed by atoms with Gasteiger partial charge in [0.25, 0.3) is 0 Å². The minimum Gasteiger partial charge on any atom is -0.363 e. The van der Waals surface area contributed by atoms with E-state index in [1.807, 2.05) is 0 Å². The number of nitrogens with zero attached hydrogens (tertiary/aromatic N) is 1. The fourth-order valence-corrected chi connectivity index (χ4v) is 1.84. The zero-order chi connectivity index (χ0) is 8.23. The molecule has 1 heterocycles. The van der Waals surface area contributed by atoms with Gasteiger partial charge >= 0.3 is 0 Å². The van der Waals surface area contributed by atoms with Crippen molar-refractivity contribution >= 4 is 0 Å². The van der Waals surface area contributed by atoms with E-state index in [4.69, 9.17) is 4.74 Å². The smallest absolute Gasteiger partial charge is 0.0994 e. The number of likely N-dealkylation sites (tertiary alicyclic amines) is 1. The third-order valence-electron chi connectivity index (χ3n) is 2.99. The first-order valence-corrected chi connectivity index (χ1v) is 5.29. The molecular formula is C10H19NO. The van der Waals surface area contributed by atoms with Gasteiger partial charge in [0.2, 0.25) is 0 Å². The topological polar surface area (TPSA) is 12.5 Å². The summed E-state index contributed by atoms with van der Waals surface area (Å²) >= 11 is 0. The van der Waals surface area contributed by atoms with Crippen LogP contribution in [0.3, 0.4) is 0 Å². The van der Waals surface area contributed by atoms with Crippen LogP contribution in [0.5, 0.6) is 0 Å². The third-order valence-corrected chi connectivity index (χ3v) is 2.99. The number of hydrogen-bond acceptors (Lipinski definition) is 2. The van der Waals surface area contributed by atoms with Crippen LogP contribution in [0.4, 0.5) is 0 Å². The van der Waals surface area contributed by atoms with E-state index >= 15 is 0 Å². The summed E-state index contributed by atoms with van der Waals surface area (Å²) in [4.78, 5) is 2.45. The summed E-state index contributed by atoms with van der Waals surface area (Å²) in [7, 11) is 0. The maximum Gasteiger partial charge on any atom is 0.0994 e. The fraction of sp³-hybridized carbons (Fsp3) is 1.00. The van der Waals surface area contributed by atoms with Crippen molar-refractivity contribution in [2.45, 2.75) is 44.6 Å². The molecule has 70 valence electrons. The van der Waals surface area contributed by atoms with E-state index in [1.54, 1.807) is 0 Å². The summed E-state index contributed by atoms with van der Waals surface area (Å²) in [5.74, 6) is 0. The Morgan fingerprint density at radius 1 is 1.00 bits per heavy atom. The monoisotopic (exact) mass is 169 g/mol. The fourth-order valence-electron chi connectivity index (χ4n) is 1.84. The average Bonchev–Trinajstić information content (AvgIpc) is 2.04. The summed E-state index contributed by atoms with van der Waals surface area (Å²) in [6, 6.07) is 0. The van der Waals surface area contributed by atoms with Crippen molar-refractivity contribution in [1.29, 1.82) is 0 Å². The second kappa shape index (κ2) is 4.24. The van der Waals surface area contributed by atoms with Crippen LogP contribution in [-0.2, 0) is 4.74 Å². The Morgan fingerprint density at radius 3 is 2.33 bits per heavy atom. The Hall–Kier alpha value is -0.0800. The van der Waals surface area contributed by atoms with E-state index in [-0.39, 0.29) is 0 Å². The molecular weight excluding hydrogens is 150 g/mol. The van der Waals surface area contributed by atoms with Gasteiger partial charge in [0.05, 0.1) is 12.8 Å². The Kier molecular flexibility index (Phi) is 3.01. The first kappa shape index (κ1) is 8.52. The summed E-state index contributed by atoms with van der Waals surface area (Å²) in [6.45, 7) is 3.41. The number of ether oxygens (including phenoxy) is 1. The predicted octanol–water partition coefficient (Wildman–Crippen LogP) is 2.00. The molecule has 0 atom stereocenters. The lowest BCUT2D eigenvalue weighted by atomic mass is 9.96. The van der Waals surface area contributed by atoms with Gasteiger partial charge in [-0.3, -0.25) is 4.90 Å². The maximum absolute atomic E-state index is 5.74. The van der Waals surface area contributed by atoms with Gasteiger partial charge in [0, 0.05) is 13.1 Å². The molecule has 12 heavy (non-hydrogen) atoms. The van der Waals surface area contributed by atoms with Gasteiger partial charge in [-0.15, -0.1) is 0 Å². The molecule has 1 aliphatic heterocycles. The molecule has 2 rings (SSSR count). The van der Waals surface area contributed by atoms with Gasteiger partial charge < -0.3 is 4.74 Å². The highest BCUT2D eigenvalue weighted by Crippen LogP contribution is 2.22. The molecule has 2 aliphatic rings.